The van der Waals surface area contributed by atoms with E-state index < -0.39 is 6.17 Å². The van der Waals surface area contributed by atoms with Crippen molar-refractivity contribution in [2.75, 3.05) is 7.11 Å². The van der Waals surface area contributed by atoms with Crippen molar-refractivity contribution in [3.63, 3.8) is 0 Å². The van der Waals surface area contributed by atoms with E-state index in [4.69, 9.17) is 9.47 Å². The first-order valence-corrected chi connectivity index (χ1v) is 6.72. The molecule has 0 aliphatic heterocycles. The van der Waals surface area contributed by atoms with E-state index >= 15 is 0 Å². The van der Waals surface area contributed by atoms with Crippen LogP contribution in [0.4, 0.5) is 0 Å². The average molecular weight is 294 g/mol. The third-order valence-corrected chi connectivity index (χ3v) is 2.58. The van der Waals surface area contributed by atoms with Crippen molar-refractivity contribution in [1.82, 2.24) is 10.6 Å². The number of hydrogen-bond donors (Lipinski definition) is 2. The summed E-state index contributed by atoms with van der Waals surface area (Å²) >= 11 is 0. The molecule has 0 saturated heterocycles. The quantitative estimate of drug-likeness (QED) is 0.784. The summed E-state index contributed by atoms with van der Waals surface area (Å²) < 4.78 is 10.9. The molecule has 0 radical (unpaired) electrons. The van der Waals surface area contributed by atoms with Crippen LogP contribution in [-0.2, 0) is 9.59 Å². The summed E-state index contributed by atoms with van der Waals surface area (Å²) in [6, 6.07) is 5.25. The van der Waals surface area contributed by atoms with Crippen LogP contribution in [0.2, 0.25) is 0 Å². The molecule has 116 valence electrons. The molecule has 0 unspecified atom stereocenters. The largest absolute Gasteiger partial charge is 0.493 e. The number of ether oxygens (including phenoxy) is 2. The van der Waals surface area contributed by atoms with Gasteiger partial charge in [0.05, 0.1) is 13.2 Å². The Labute approximate surface area is 124 Å². The van der Waals surface area contributed by atoms with Crippen LogP contribution in [0.15, 0.2) is 18.2 Å². The van der Waals surface area contributed by atoms with E-state index in [1.54, 1.807) is 25.3 Å². The van der Waals surface area contributed by atoms with Gasteiger partial charge in [-0.1, -0.05) is 6.07 Å². The molecule has 0 spiro atoms. The van der Waals surface area contributed by atoms with Gasteiger partial charge in [0.1, 0.15) is 6.17 Å². The van der Waals surface area contributed by atoms with Crippen LogP contribution in [0.25, 0.3) is 0 Å². The van der Waals surface area contributed by atoms with Gasteiger partial charge < -0.3 is 20.1 Å². The lowest BCUT2D eigenvalue weighted by atomic mass is 10.1. The summed E-state index contributed by atoms with van der Waals surface area (Å²) in [5.41, 5.74) is 0.705. The molecule has 0 aromatic heterocycles. The van der Waals surface area contributed by atoms with Gasteiger partial charge in [0.25, 0.3) is 0 Å². The Balaban J connectivity index is 3.12. The predicted molar refractivity (Wildman–Crippen MR) is 79.1 cm³/mol. The van der Waals surface area contributed by atoms with Gasteiger partial charge in [0.15, 0.2) is 11.5 Å². The van der Waals surface area contributed by atoms with Crippen LogP contribution in [-0.4, -0.2) is 25.0 Å². The maximum absolute atomic E-state index is 11.3. The minimum Gasteiger partial charge on any atom is -0.493 e. The molecule has 0 aliphatic rings. The fourth-order valence-corrected chi connectivity index (χ4v) is 1.83. The van der Waals surface area contributed by atoms with E-state index in [0.717, 1.165) is 0 Å². The zero-order chi connectivity index (χ0) is 16.0. The van der Waals surface area contributed by atoms with Crippen LogP contribution < -0.4 is 20.1 Å². The first-order valence-electron chi connectivity index (χ1n) is 6.72. The minimum absolute atomic E-state index is 0.0193. The maximum Gasteiger partial charge on any atom is 0.218 e. The number of carbonyl (C=O) groups is 2. The number of methoxy groups -OCH3 is 1. The summed E-state index contributed by atoms with van der Waals surface area (Å²) in [5.74, 6) is 0.675. The fourth-order valence-electron chi connectivity index (χ4n) is 1.83. The van der Waals surface area contributed by atoms with E-state index in [-0.39, 0.29) is 17.9 Å². The highest BCUT2D eigenvalue weighted by Crippen LogP contribution is 2.30. The van der Waals surface area contributed by atoms with E-state index in [1.165, 1.54) is 13.8 Å². The van der Waals surface area contributed by atoms with Crippen molar-refractivity contribution < 1.29 is 19.1 Å². The molecule has 2 N–H and O–H groups in total. The molecule has 21 heavy (non-hydrogen) atoms. The van der Waals surface area contributed by atoms with Gasteiger partial charge in [-0.05, 0) is 31.5 Å². The predicted octanol–water partition coefficient (Wildman–Crippen LogP) is 1.75. The Morgan fingerprint density at radius 3 is 2.05 bits per heavy atom. The lowest BCUT2D eigenvalue weighted by molar-refractivity contribution is -0.122. The number of benzene rings is 1. The third-order valence-electron chi connectivity index (χ3n) is 2.58. The summed E-state index contributed by atoms with van der Waals surface area (Å²) in [6.45, 7) is 6.60. The summed E-state index contributed by atoms with van der Waals surface area (Å²) in [4.78, 5) is 22.6. The molecule has 1 aromatic carbocycles. The van der Waals surface area contributed by atoms with Crippen molar-refractivity contribution in [2.24, 2.45) is 0 Å². The van der Waals surface area contributed by atoms with Gasteiger partial charge in [-0.2, -0.15) is 0 Å². The van der Waals surface area contributed by atoms with Crippen molar-refractivity contribution in [3.8, 4) is 11.5 Å². The Morgan fingerprint density at radius 2 is 1.62 bits per heavy atom. The van der Waals surface area contributed by atoms with E-state index in [1.807, 2.05) is 13.8 Å². The first kappa shape index (κ1) is 16.8. The molecule has 0 atom stereocenters. The van der Waals surface area contributed by atoms with Gasteiger partial charge in [-0.25, -0.2) is 0 Å². The lowest BCUT2D eigenvalue weighted by Gasteiger charge is -2.21. The minimum atomic E-state index is -0.611. The van der Waals surface area contributed by atoms with Gasteiger partial charge in [0.2, 0.25) is 11.8 Å². The van der Waals surface area contributed by atoms with Crippen molar-refractivity contribution in [1.29, 1.82) is 0 Å². The molecule has 0 fully saturated rings. The first-order chi connectivity index (χ1) is 9.83. The summed E-state index contributed by atoms with van der Waals surface area (Å²) in [6.07, 6.45) is -0.630. The maximum atomic E-state index is 11.3. The fraction of sp³-hybridized carbons (Fsp3) is 0.467. The molecule has 2 amide bonds. The standard InChI is InChI=1S/C15H22N2O4/c1-9(2)21-14-8-12(6-7-13(14)20-5)15(16-10(3)18)17-11(4)19/h6-9,15H,1-5H3,(H,16,18)(H,17,19). The lowest BCUT2D eigenvalue weighted by Crippen LogP contribution is -2.39. The summed E-state index contributed by atoms with van der Waals surface area (Å²) in [5, 5.41) is 5.36. The second kappa shape index (κ2) is 7.52. The highest BCUT2D eigenvalue weighted by molar-refractivity contribution is 5.76. The number of hydrogen-bond acceptors (Lipinski definition) is 4. The van der Waals surface area contributed by atoms with Crippen LogP contribution in [0.3, 0.4) is 0 Å². The Bertz CT molecular complexity index is 498. The zero-order valence-corrected chi connectivity index (χ0v) is 13.0. The highest BCUT2D eigenvalue weighted by atomic mass is 16.5. The SMILES string of the molecule is COc1ccc(C(NC(C)=O)NC(C)=O)cc1OC(C)C. The molecular formula is C15H22N2O4. The van der Waals surface area contributed by atoms with Crippen molar-refractivity contribution >= 4 is 11.8 Å². The normalized spacial score (nSPS) is 10.4. The smallest absolute Gasteiger partial charge is 0.218 e. The summed E-state index contributed by atoms with van der Waals surface area (Å²) in [7, 11) is 1.56. The monoisotopic (exact) mass is 294 g/mol. The van der Waals surface area contributed by atoms with Crippen LogP contribution in [0.1, 0.15) is 39.4 Å². The molecule has 6 heteroatoms. The van der Waals surface area contributed by atoms with Crippen LogP contribution >= 0.6 is 0 Å². The molecule has 0 bridgehead atoms. The van der Waals surface area contributed by atoms with Gasteiger partial charge >= 0.3 is 0 Å². The zero-order valence-electron chi connectivity index (χ0n) is 13.0. The Kier molecular flexibility index (Phi) is 6.02. The van der Waals surface area contributed by atoms with E-state index in [2.05, 4.69) is 10.6 Å². The molecule has 0 heterocycles. The third kappa shape index (κ3) is 5.33. The van der Waals surface area contributed by atoms with Gasteiger partial charge in [0, 0.05) is 13.8 Å². The molecule has 6 nitrogen and oxygen atoms in total. The number of carbonyl (C=O) groups excluding carboxylic acids is 2. The second-order valence-electron chi connectivity index (χ2n) is 4.91. The Hall–Kier alpha value is -2.24. The molecule has 0 saturated carbocycles. The van der Waals surface area contributed by atoms with Gasteiger partial charge in [-0.15, -0.1) is 0 Å². The van der Waals surface area contributed by atoms with Crippen LogP contribution in [0, 0.1) is 0 Å². The van der Waals surface area contributed by atoms with E-state index in [0.29, 0.717) is 17.1 Å². The van der Waals surface area contributed by atoms with Crippen LogP contribution in [0.5, 0.6) is 11.5 Å². The highest BCUT2D eigenvalue weighted by Gasteiger charge is 2.17. The molecule has 0 aliphatic carbocycles. The Morgan fingerprint density at radius 1 is 1.05 bits per heavy atom. The number of rotatable bonds is 6. The molecule has 1 rings (SSSR count). The van der Waals surface area contributed by atoms with E-state index in [9.17, 15) is 9.59 Å². The van der Waals surface area contributed by atoms with Gasteiger partial charge in [-0.3, -0.25) is 9.59 Å². The number of amides is 2. The topological polar surface area (TPSA) is 76.7 Å². The molecule has 1 aromatic rings. The molecular weight excluding hydrogens is 272 g/mol. The second-order valence-corrected chi connectivity index (χ2v) is 4.91. The van der Waals surface area contributed by atoms with Crippen molar-refractivity contribution in [2.45, 2.75) is 40.0 Å². The van der Waals surface area contributed by atoms with Crippen molar-refractivity contribution in [3.05, 3.63) is 23.8 Å². The average Bonchev–Trinajstić information content (AvgIpc) is 2.36. The number of nitrogens with one attached hydrogen (secondary N) is 2.